The lowest BCUT2D eigenvalue weighted by molar-refractivity contribution is -0.0287. The Morgan fingerprint density at radius 3 is 1.85 bits per heavy atom. The van der Waals surface area contributed by atoms with Gasteiger partial charge in [0.25, 0.3) is 0 Å². The molecule has 4 rings (SSSR count). The van der Waals surface area contributed by atoms with E-state index < -0.39 is 36.4 Å². The van der Waals surface area contributed by atoms with Crippen LogP contribution in [0.1, 0.15) is 58.9 Å². The molecule has 0 unspecified atom stereocenters. The summed E-state index contributed by atoms with van der Waals surface area (Å²) in [5.41, 5.74) is 1.97. The van der Waals surface area contributed by atoms with Gasteiger partial charge < -0.3 is 23.7 Å². The highest BCUT2D eigenvalue weighted by Crippen LogP contribution is 2.31. The van der Waals surface area contributed by atoms with Crippen molar-refractivity contribution < 1.29 is 33.3 Å². The van der Waals surface area contributed by atoms with Crippen LogP contribution in [0.15, 0.2) is 48.5 Å². The van der Waals surface area contributed by atoms with E-state index in [1.165, 1.54) is 12.8 Å². The van der Waals surface area contributed by atoms with Crippen LogP contribution in [-0.2, 0) is 18.9 Å². The predicted octanol–water partition coefficient (Wildman–Crippen LogP) is 4.50. The lowest BCUT2D eigenvalue weighted by Crippen LogP contribution is -2.36. The molecule has 4 atom stereocenters. The van der Waals surface area contributed by atoms with E-state index in [0.717, 1.165) is 24.2 Å². The third-order valence-electron chi connectivity index (χ3n) is 6.12. The number of ether oxygens (including phenoxy) is 5. The summed E-state index contributed by atoms with van der Waals surface area (Å²) in [5, 5.41) is 0. The summed E-state index contributed by atoms with van der Waals surface area (Å²) < 4.78 is 28.6. The highest BCUT2D eigenvalue weighted by molar-refractivity contribution is 5.90. The molecule has 2 aromatic carbocycles. The Kier molecular flexibility index (Phi) is 8.19. The smallest absolute Gasteiger partial charge is 0.338 e. The second-order valence-corrected chi connectivity index (χ2v) is 8.78. The molecule has 2 saturated heterocycles. The molecular weight excluding hydrogens is 436 g/mol. The zero-order valence-electron chi connectivity index (χ0n) is 19.7. The number of unbranched alkanes of at least 4 members (excludes halogenated alkanes) is 3. The first-order chi connectivity index (χ1) is 16.5. The second kappa shape index (κ2) is 11.5. The quantitative estimate of drug-likeness (QED) is 0.375. The fourth-order valence-corrected chi connectivity index (χ4v) is 4.14. The first-order valence-corrected chi connectivity index (χ1v) is 12.0. The summed E-state index contributed by atoms with van der Waals surface area (Å²) in [5.74, 6) is -0.145. The molecule has 2 aliphatic rings. The Hall–Kier alpha value is -2.90. The van der Waals surface area contributed by atoms with E-state index in [-0.39, 0.29) is 13.2 Å². The van der Waals surface area contributed by atoms with E-state index >= 15 is 0 Å². The van der Waals surface area contributed by atoms with Crippen molar-refractivity contribution in [3.8, 4) is 5.75 Å². The van der Waals surface area contributed by atoms with Crippen LogP contribution < -0.4 is 4.74 Å². The predicted molar refractivity (Wildman–Crippen MR) is 125 cm³/mol. The minimum atomic E-state index is -0.560. The minimum absolute atomic E-state index is 0.193. The van der Waals surface area contributed by atoms with Crippen LogP contribution in [0.3, 0.4) is 0 Å². The third kappa shape index (κ3) is 5.96. The molecule has 0 bridgehead atoms. The van der Waals surface area contributed by atoms with Gasteiger partial charge >= 0.3 is 11.9 Å². The van der Waals surface area contributed by atoms with Crippen LogP contribution in [-0.4, -0.2) is 56.2 Å². The number of hydrogen-bond acceptors (Lipinski definition) is 7. The third-order valence-corrected chi connectivity index (χ3v) is 6.12. The van der Waals surface area contributed by atoms with Gasteiger partial charge in [0.15, 0.2) is 12.2 Å². The Morgan fingerprint density at radius 1 is 0.794 bits per heavy atom. The van der Waals surface area contributed by atoms with Crippen LogP contribution >= 0.6 is 0 Å². The van der Waals surface area contributed by atoms with Crippen molar-refractivity contribution in [2.45, 2.75) is 63.9 Å². The number of fused-ring (bicyclic) bond motifs is 1. The van der Waals surface area contributed by atoms with Gasteiger partial charge in [0.2, 0.25) is 0 Å². The molecule has 0 aliphatic carbocycles. The fraction of sp³-hybridized carbons (Fsp3) is 0.481. The molecular formula is C27H32O7. The van der Waals surface area contributed by atoms with Crippen molar-refractivity contribution in [1.82, 2.24) is 0 Å². The van der Waals surface area contributed by atoms with Gasteiger partial charge in [-0.05, 0) is 49.7 Å². The molecule has 0 aromatic heterocycles. The molecule has 0 spiro atoms. The van der Waals surface area contributed by atoms with Crippen molar-refractivity contribution in [3.63, 3.8) is 0 Å². The molecule has 0 radical (unpaired) electrons. The first kappa shape index (κ1) is 24.2. The number of carbonyl (C=O) groups excluding carboxylic acids is 2. The summed E-state index contributed by atoms with van der Waals surface area (Å²) in [6.45, 7) is 5.19. The van der Waals surface area contributed by atoms with E-state index in [1.54, 1.807) is 36.4 Å². The zero-order chi connectivity index (χ0) is 23.9. The number of aryl methyl sites for hydroxylation is 1. The monoisotopic (exact) mass is 468 g/mol. The maximum absolute atomic E-state index is 12.6. The number of esters is 2. The normalized spacial score (nSPS) is 23.4. The van der Waals surface area contributed by atoms with Crippen molar-refractivity contribution in [2.75, 3.05) is 19.8 Å². The molecule has 0 saturated carbocycles. The molecule has 2 heterocycles. The minimum Gasteiger partial charge on any atom is -0.494 e. The van der Waals surface area contributed by atoms with E-state index in [0.29, 0.717) is 17.7 Å². The van der Waals surface area contributed by atoms with Gasteiger partial charge in [0.05, 0.1) is 30.9 Å². The summed E-state index contributed by atoms with van der Waals surface area (Å²) in [6, 6.07) is 14.1. The van der Waals surface area contributed by atoms with E-state index in [9.17, 15) is 9.59 Å². The average molecular weight is 469 g/mol. The summed E-state index contributed by atoms with van der Waals surface area (Å²) in [7, 11) is 0. The van der Waals surface area contributed by atoms with Gasteiger partial charge in [-0.25, -0.2) is 9.59 Å². The number of hydrogen-bond donors (Lipinski definition) is 0. The SMILES string of the molecule is CCCCCCOc1ccc(C(=O)O[C@H]2CO[C@H]3[C@@H]2OC[C@H]3OC(=O)c2ccc(C)cc2)cc1. The van der Waals surface area contributed by atoms with E-state index in [2.05, 4.69) is 6.92 Å². The molecule has 182 valence electrons. The molecule has 2 aliphatic heterocycles. The van der Waals surface area contributed by atoms with Gasteiger partial charge in [-0.1, -0.05) is 43.9 Å². The Labute approximate surface area is 200 Å². The van der Waals surface area contributed by atoms with Gasteiger partial charge in [-0.3, -0.25) is 0 Å². The molecule has 2 fully saturated rings. The van der Waals surface area contributed by atoms with Gasteiger partial charge in [0.1, 0.15) is 18.0 Å². The number of benzene rings is 2. The van der Waals surface area contributed by atoms with Crippen molar-refractivity contribution in [3.05, 3.63) is 65.2 Å². The van der Waals surface area contributed by atoms with Gasteiger partial charge in [-0.15, -0.1) is 0 Å². The second-order valence-electron chi connectivity index (χ2n) is 8.78. The molecule has 7 nitrogen and oxygen atoms in total. The summed E-state index contributed by atoms with van der Waals surface area (Å²) >= 11 is 0. The average Bonchev–Trinajstić information content (AvgIpc) is 3.43. The van der Waals surface area contributed by atoms with Crippen molar-refractivity contribution >= 4 is 11.9 Å². The maximum atomic E-state index is 12.6. The van der Waals surface area contributed by atoms with Crippen LogP contribution in [0.25, 0.3) is 0 Å². The molecule has 0 amide bonds. The molecule has 7 heteroatoms. The largest absolute Gasteiger partial charge is 0.494 e. The highest BCUT2D eigenvalue weighted by Gasteiger charge is 2.51. The van der Waals surface area contributed by atoms with Crippen LogP contribution in [0.5, 0.6) is 5.75 Å². The Morgan fingerprint density at radius 2 is 1.32 bits per heavy atom. The fourth-order valence-electron chi connectivity index (χ4n) is 4.14. The van der Waals surface area contributed by atoms with Crippen LogP contribution in [0.2, 0.25) is 0 Å². The van der Waals surface area contributed by atoms with Crippen LogP contribution in [0.4, 0.5) is 0 Å². The van der Waals surface area contributed by atoms with E-state index in [4.69, 9.17) is 23.7 Å². The number of carbonyl (C=O) groups is 2. The van der Waals surface area contributed by atoms with Gasteiger partial charge in [-0.2, -0.15) is 0 Å². The summed E-state index contributed by atoms with van der Waals surface area (Å²) in [4.78, 5) is 25.1. The standard InChI is InChI=1S/C27H32O7/c1-3-4-5-6-15-30-21-13-11-20(12-14-21)27(29)34-23-17-32-24-22(16-31-25(23)24)33-26(28)19-9-7-18(2)8-10-19/h7-14,22-25H,3-6,15-17H2,1-2H3/t22-,23+,24-,25-/m1/s1. The van der Waals surface area contributed by atoms with Gasteiger partial charge in [0, 0.05) is 0 Å². The topological polar surface area (TPSA) is 80.3 Å². The molecule has 2 aromatic rings. The number of rotatable bonds is 10. The maximum Gasteiger partial charge on any atom is 0.338 e. The lowest BCUT2D eigenvalue weighted by Gasteiger charge is -2.17. The first-order valence-electron chi connectivity index (χ1n) is 12.0. The summed E-state index contributed by atoms with van der Waals surface area (Å²) in [6.07, 6.45) is 2.53. The molecule has 0 N–H and O–H groups in total. The van der Waals surface area contributed by atoms with Crippen LogP contribution in [0, 0.1) is 6.92 Å². The Bertz CT molecular complexity index is 954. The zero-order valence-corrected chi connectivity index (χ0v) is 19.7. The highest BCUT2D eigenvalue weighted by atomic mass is 16.7. The van der Waals surface area contributed by atoms with E-state index in [1.807, 2.05) is 19.1 Å². The lowest BCUT2D eigenvalue weighted by atomic mass is 10.1. The molecule has 34 heavy (non-hydrogen) atoms. The van der Waals surface area contributed by atoms with Crippen molar-refractivity contribution in [2.24, 2.45) is 0 Å². The van der Waals surface area contributed by atoms with Crippen molar-refractivity contribution in [1.29, 1.82) is 0 Å². The Balaban J connectivity index is 1.25.